The summed E-state index contributed by atoms with van der Waals surface area (Å²) in [6.45, 7) is 7.64. The van der Waals surface area contributed by atoms with Gasteiger partial charge in [0.25, 0.3) is 21.6 Å². The summed E-state index contributed by atoms with van der Waals surface area (Å²) < 4.78 is 48.3. The monoisotopic (exact) mass is 930 g/mol. The van der Waals surface area contributed by atoms with E-state index < -0.39 is 37.5 Å². The second-order valence-electron chi connectivity index (χ2n) is 19.5. The highest BCUT2D eigenvalue weighted by molar-refractivity contribution is 7.90. The molecule has 0 unspecified atom stereocenters. The molecule has 11 rings (SSSR count). The number of carbonyl (C=O) groups is 1. The van der Waals surface area contributed by atoms with Crippen LogP contribution in [-0.2, 0) is 19.5 Å². The lowest BCUT2D eigenvalue weighted by Gasteiger charge is -2.56. The van der Waals surface area contributed by atoms with Gasteiger partial charge in [-0.05, 0) is 136 Å². The van der Waals surface area contributed by atoms with E-state index in [0.29, 0.717) is 79.8 Å². The Morgan fingerprint density at radius 1 is 0.940 bits per heavy atom. The molecule has 17 heteroatoms. The van der Waals surface area contributed by atoms with E-state index in [1.54, 1.807) is 6.07 Å². The van der Waals surface area contributed by atoms with E-state index in [-0.39, 0.29) is 23.2 Å². The van der Waals surface area contributed by atoms with Crippen molar-refractivity contribution in [2.75, 3.05) is 67.7 Å². The first kappa shape index (κ1) is 43.8. The zero-order valence-electron chi connectivity index (χ0n) is 37.8. The van der Waals surface area contributed by atoms with Crippen LogP contribution in [-0.4, -0.2) is 105 Å². The highest BCUT2D eigenvalue weighted by Gasteiger charge is 2.50. The summed E-state index contributed by atoms with van der Waals surface area (Å²) in [7, 11) is -4.58. The number of nitro benzene ring substituents is 1. The highest BCUT2D eigenvalue weighted by atomic mass is 32.2. The summed E-state index contributed by atoms with van der Waals surface area (Å²) in [6.07, 6.45) is 10.6. The molecule has 5 aromatic rings. The fourth-order valence-corrected chi connectivity index (χ4v) is 12.8. The van der Waals surface area contributed by atoms with Crippen molar-refractivity contribution in [3.63, 3.8) is 0 Å². The predicted molar refractivity (Wildman–Crippen MR) is 255 cm³/mol. The Morgan fingerprint density at radius 2 is 1.75 bits per heavy atom. The maximum absolute atomic E-state index is 14.6. The number of anilines is 4. The zero-order valence-corrected chi connectivity index (χ0v) is 38.6. The Bertz CT molecular complexity index is 2800. The van der Waals surface area contributed by atoms with Crippen molar-refractivity contribution in [2.45, 2.75) is 93.8 Å². The van der Waals surface area contributed by atoms with Crippen molar-refractivity contribution in [3.8, 4) is 5.88 Å². The number of nitrogens with zero attached hydrogens (tertiary/aromatic N) is 5. The number of likely N-dealkylation sites (tertiary alicyclic amines) is 1. The van der Waals surface area contributed by atoms with Gasteiger partial charge in [0.1, 0.15) is 23.1 Å². The molecule has 3 N–H and O–H groups in total. The summed E-state index contributed by atoms with van der Waals surface area (Å²) in [6, 6.07) is 22.9. The maximum atomic E-state index is 14.6. The molecule has 0 bridgehead atoms. The summed E-state index contributed by atoms with van der Waals surface area (Å²) in [5.41, 5.74) is 5.86. The van der Waals surface area contributed by atoms with E-state index in [1.165, 1.54) is 48.9 Å². The first-order valence-corrected chi connectivity index (χ1v) is 25.4. The Kier molecular flexibility index (Phi) is 11.6. The van der Waals surface area contributed by atoms with Crippen LogP contribution < -0.4 is 24.6 Å². The largest absolute Gasteiger partial charge is 0.468 e. The SMILES string of the molecule is Cc1ccccc1[C@@H]1CCCN1C1CC2(CCN(c3ccc(C(=O)NS(=O)(=O)c4ccc(NCC5CCOCC5)c([N+](=O)[O-])c4)c(N4c5cc6cc[nH]c6nc5O[C@H]5COCC[C@H]54)c3)CC2)C1. The number of nitro groups is 1. The molecule has 4 saturated heterocycles. The molecule has 3 aromatic carbocycles. The number of sulfonamides is 1. The number of aryl methyl sites for hydroxylation is 1. The van der Waals surface area contributed by atoms with Crippen molar-refractivity contribution in [1.82, 2.24) is 19.6 Å². The van der Waals surface area contributed by atoms with Crippen LogP contribution in [0.2, 0.25) is 0 Å². The number of aromatic nitrogens is 2. The second-order valence-corrected chi connectivity index (χ2v) is 21.2. The number of rotatable bonds is 11. The molecule has 67 heavy (non-hydrogen) atoms. The van der Waals surface area contributed by atoms with Crippen LogP contribution in [0.1, 0.15) is 85.3 Å². The fraction of sp³-hybridized carbons (Fsp3) is 0.480. The number of amides is 1. The molecule has 6 aliphatic rings. The molecular formula is C50H58N8O8S. The van der Waals surface area contributed by atoms with Gasteiger partial charge in [-0.3, -0.25) is 19.8 Å². The van der Waals surface area contributed by atoms with Crippen LogP contribution in [0, 0.1) is 28.4 Å². The van der Waals surface area contributed by atoms with Gasteiger partial charge in [-0.1, -0.05) is 24.3 Å². The fourth-order valence-electron chi connectivity index (χ4n) is 11.8. The van der Waals surface area contributed by atoms with E-state index in [4.69, 9.17) is 19.2 Å². The summed E-state index contributed by atoms with van der Waals surface area (Å²) in [5.74, 6) is -0.204. The number of carbonyl (C=O) groups excluding carboxylic acids is 1. The minimum atomic E-state index is -4.58. The Hall–Kier alpha value is -5.75. The van der Waals surface area contributed by atoms with Gasteiger partial charge < -0.3 is 34.3 Å². The number of H-pyrrole nitrogens is 1. The van der Waals surface area contributed by atoms with E-state index in [1.807, 2.05) is 30.5 Å². The Balaban J connectivity index is 0.879. The van der Waals surface area contributed by atoms with Crippen molar-refractivity contribution < 1.29 is 32.3 Å². The number of nitrogens with one attached hydrogen (secondary N) is 3. The molecule has 1 saturated carbocycles. The maximum Gasteiger partial charge on any atom is 0.293 e. The average Bonchev–Trinajstić information content (AvgIpc) is 4.01. The lowest BCUT2D eigenvalue weighted by atomic mass is 9.59. The van der Waals surface area contributed by atoms with E-state index in [2.05, 4.69) is 60.9 Å². The molecule has 5 aliphatic heterocycles. The number of aromatic amines is 1. The summed E-state index contributed by atoms with van der Waals surface area (Å²) in [5, 5.41) is 16.3. The van der Waals surface area contributed by atoms with Gasteiger partial charge in [0.2, 0.25) is 5.88 Å². The smallest absolute Gasteiger partial charge is 0.293 e. The van der Waals surface area contributed by atoms with Gasteiger partial charge in [-0.25, -0.2) is 13.1 Å². The Morgan fingerprint density at radius 3 is 2.55 bits per heavy atom. The molecule has 1 aliphatic carbocycles. The summed E-state index contributed by atoms with van der Waals surface area (Å²) >= 11 is 0. The van der Waals surface area contributed by atoms with Crippen molar-refractivity contribution in [2.24, 2.45) is 11.3 Å². The second kappa shape index (κ2) is 17.7. The van der Waals surface area contributed by atoms with Crippen LogP contribution in [0.25, 0.3) is 11.0 Å². The topological polar surface area (TPSA) is 184 Å². The molecule has 3 atom stereocenters. The lowest BCUT2D eigenvalue weighted by Crippen LogP contribution is -2.55. The summed E-state index contributed by atoms with van der Waals surface area (Å²) in [4.78, 5) is 41.2. The van der Waals surface area contributed by atoms with Gasteiger partial charge in [0.15, 0.2) is 0 Å². The zero-order chi connectivity index (χ0) is 45.9. The number of hydrogen-bond acceptors (Lipinski definition) is 13. The molecule has 0 radical (unpaired) electrons. The molecule has 7 heterocycles. The molecule has 1 spiro atoms. The molecule has 1 amide bonds. The first-order valence-electron chi connectivity index (χ1n) is 23.9. The number of benzene rings is 3. The minimum Gasteiger partial charge on any atom is -0.468 e. The highest BCUT2D eigenvalue weighted by Crippen LogP contribution is 2.54. The van der Waals surface area contributed by atoms with Crippen LogP contribution >= 0.6 is 0 Å². The number of hydrogen-bond donors (Lipinski definition) is 3. The Labute approximate surface area is 390 Å². The third kappa shape index (κ3) is 8.37. The van der Waals surface area contributed by atoms with Crippen molar-refractivity contribution in [3.05, 3.63) is 106 Å². The van der Waals surface area contributed by atoms with Crippen LogP contribution in [0.3, 0.4) is 0 Å². The molecule has 2 aromatic heterocycles. The van der Waals surface area contributed by atoms with Gasteiger partial charge >= 0.3 is 0 Å². The van der Waals surface area contributed by atoms with Crippen molar-refractivity contribution >= 4 is 55.4 Å². The number of ether oxygens (including phenoxy) is 3. The van der Waals surface area contributed by atoms with Crippen LogP contribution in [0.5, 0.6) is 5.88 Å². The predicted octanol–water partition coefficient (Wildman–Crippen LogP) is 8.01. The van der Waals surface area contributed by atoms with E-state index >= 15 is 0 Å². The standard InChI is InChI=1S/C50H58N8O8S/c1-32-5-2-3-6-38(32)41-7-4-19-56(41)36-28-50(29-36)16-20-55(21-17-50)35-8-10-39(43(26-35)57-42-15-24-65-31-46(42)66-49-45(57)25-34-12-18-51-47(34)53-49)48(59)54-67(62,63)37-9-11-40(44(27-37)58(60)61)52-30-33-13-22-64-23-14-33/h2-3,5-6,8-12,18,25-27,33,36,41-42,46,52H,4,7,13-17,19-24,28-31H2,1H3,(H,51,53)(H,54,59)/t41-,42+,46-/m0/s1. The van der Waals surface area contributed by atoms with E-state index in [0.717, 1.165) is 62.5 Å². The average molecular weight is 931 g/mol. The third-order valence-corrected chi connectivity index (χ3v) is 16.9. The molecule has 16 nitrogen and oxygen atoms in total. The van der Waals surface area contributed by atoms with Crippen LogP contribution in [0.4, 0.5) is 28.4 Å². The quantitative estimate of drug-likeness (QED) is 0.0856. The van der Waals surface area contributed by atoms with Crippen molar-refractivity contribution in [1.29, 1.82) is 0 Å². The number of piperidine rings is 1. The number of pyridine rings is 1. The van der Waals surface area contributed by atoms with Gasteiger partial charge in [0.05, 0.1) is 33.7 Å². The third-order valence-electron chi connectivity index (χ3n) is 15.6. The van der Waals surface area contributed by atoms with Crippen LogP contribution in [0.15, 0.2) is 83.9 Å². The van der Waals surface area contributed by atoms with Gasteiger partial charge in [-0.15, -0.1) is 0 Å². The van der Waals surface area contributed by atoms with E-state index in [9.17, 15) is 23.3 Å². The minimum absolute atomic E-state index is 0.132. The molecule has 352 valence electrons. The number of fused-ring (bicyclic) bond motifs is 3. The van der Waals surface area contributed by atoms with Gasteiger partial charge in [0, 0.05) is 74.9 Å². The normalized spacial score (nSPS) is 23.3. The first-order chi connectivity index (χ1) is 32.5. The van der Waals surface area contributed by atoms with Gasteiger partial charge in [-0.2, -0.15) is 4.98 Å². The molecular weight excluding hydrogens is 873 g/mol. The molecule has 5 fully saturated rings. The lowest BCUT2D eigenvalue weighted by molar-refractivity contribution is -0.384.